The predicted octanol–water partition coefficient (Wildman–Crippen LogP) is 4.95. The highest BCUT2D eigenvalue weighted by Crippen LogP contribution is 2.32. The van der Waals surface area contributed by atoms with E-state index in [0.717, 1.165) is 23.3 Å². The molecule has 0 saturated carbocycles. The number of rotatable bonds is 3. The SMILES string of the molecule is Cc1cc(NC(=O)Nc2ccc(-c3cccn4nnc(N)c34)cc2)cc(C(F)(F)F)c1. The molecule has 0 saturated heterocycles. The second-order valence-corrected chi connectivity index (χ2v) is 6.93. The molecule has 0 atom stereocenters. The Balaban J connectivity index is 1.50. The van der Waals surface area contributed by atoms with E-state index in [2.05, 4.69) is 20.9 Å². The molecule has 0 aliphatic heterocycles. The van der Waals surface area contributed by atoms with Gasteiger partial charge in [0.15, 0.2) is 5.82 Å². The van der Waals surface area contributed by atoms with Gasteiger partial charge in [0.05, 0.1) is 5.56 Å². The molecule has 0 spiro atoms. The average Bonchev–Trinajstić information content (AvgIpc) is 3.09. The minimum Gasteiger partial charge on any atom is -0.380 e. The third kappa shape index (κ3) is 4.27. The van der Waals surface area contributed by atoms with Crippen LogP contribution in [-0.2, 0) is 6.18 Å². The van der Waals surface area contributed by atoms with E-state index in [9.17, 15) is 18.0 Å². The summed E-state index contributed by atoms with van der Waals surface area (Å²) in [6.07, 6.45) is -2.76. The van der Waals surface area contributed by atoms with Gasteiger partial charge in [-0.05, 0) is 54.4 Å². The number of nitrogens with zero attached hydrogens (tertiary/aromatic N) is 3. The largest absolute Gasteiger partial charge is 0.416 e. The number of halogens is 3. The summed E-state index contributed by atoms with van der Waals surface area (Å²) < 4.78 is 40.5. The summed E-state index contributed by atoms with van der Waals surface area (Å²) in [6, 6.07) is 13.3. The lowest BCUT2D eigenvalue weighted by atomic mass is 10.1. The Morgan fingerprint density at radius 3 is 2.45 bits per heavy atom. The maximum Gasteiger partial charge on any atom is 0.416 e. The molecule has 2 aromatic heterocycles. The van der Waals surface area contributed by atoms with Gasteiger partial charge in [-0.25, -0.2) is 9.31 Å². The number of anilines is 3. The van der Waals surface area contributed by atoms with Crippen molar-refractivity contribution in [3.05, 3.63) is 71.9 Å². The molecule has 4 rings (SSSR count). The zero-order chi connectivity index (χ0) is 22.2. The molecule has 2 heterocycles. The van der Waals surface area contributed by atoms with Crippen LogP contribution in [0.2, 0.25) is 0 Å². The van der Waals surface area contributed by atoms with E-state index in [-0.39, 0.29) is 5.69 Å². The van der Waals surface area contributed by atoms with Crippen molar-refractivity contribution in [1.29, 1.82) is 0 Å². The second-order valence-electron chi connectivity index (χ2n) is 6.93. The van der Waals surface area contributed by atoms with E-state index < -0.39 is 17.8 Å². The van der Waals surface area contributed by atoms with Crippen molar-refractivity contribution in [3.63, 3.8) is 0 Å². The number of nitrogens with one attached hydrogen (secondary N) is 2. The number of carbonyl (C=O) groups is 1. The number of urea groups is 1. The summed E-state index contributed by atoms with van der Waals surface area (Å²) in [5.74, 6) is 0.300. The van der Waals surface area contributed by atoms with Gasteiger partial charge in [-0.1, -0.05) is 23.4 Å². The van der Waals surface area contributed by atoms with Crippen molar-refractivity contribution in [2.24, 2.45) is 0 Å². The zero-order valence-electron chi connectivity index (χ0n) is 16.2. The number of benzene rings is 2. The molecule has 158 valence electrons. The Morgan fingerprint density at radius 1 is 1.03 bits per heavy atom. The number of pyridine rings is 1. The highest BCUT2D eigenvalue weighted by atomic mass is 19.4. The minimum atomic E-state index is -4.49. The van der Waals surface area contributed by atoms with Crippen molar-refractivity contribution in [2.45, 2.75) is 13.1 Å². The van der Waals surface area contributed by atoms with Gasteiger partial charge >= 0.3 is 12.2 Å². The summed E-state index contributed by atoms with van der Waals surface area (Å²) in [6.45, 7) is 1.53. The molecular weight excluding hydrogens is 409 g/mol. The fourth-order valence-electron chi connectivity index (χ4n) is 3.25. The first kappa shape index (κ1) is 20.2. The molecule has 4 N–H and O–H groups in total. The lowest BCUT2D eigenvalue weighted by molar-refractivity contribution is -0.137. The number of fused-ring (bicyclic) bond motifs is 1. The Kier molecular flexibility index (Phi) is 4.97. The number of hydrogen-bond acceptors (Lipinski definition) is 4. The van der Waals surface area contributed by atoms with Crippen LogP contribution in [0.25, 0.3) is 16.6 Å². The van der Waals surface area contributed by atoms with Crippen LogP contribution in [0.4, 0.5) is 35.2 Å². The maximum absolute atomic E-state index is 13.0. The Bertz CT molecular complexity index is 1260. The molecule has 0 aliphatic rings. The van der Waals surface area contributed by atoms with Crippen LogP contribution < -0.4 is 16.4 Å². The molecule has 0 unspecified atom stereocenters. The standard InChI is InChI=1S/C21H17F3N6O/c1-12-9-14(21(22,23)24)11-16(10-12)27-20(31)26-15-6-4-13(5-7-15)17-3-2-8-30-18(17)19(25)28-29-30/h2-11H,25H2,1H3,(H2,26,27,31). The fraction of sp³-hybridized carbons (Fsp3) is 0.0952. The molecular formula is C21H17F3N6O. The van der Waals surface area contributed by atoms with Gasteiger partial charge in [0.1, 0.15) is 5.52 Å². The van der Waals surface area contributed by atoms with E-state index in [4.69, 9.17) is 5.73 Å². The third-order valence-corrected chi connectivity index (χ3v) is 4.58. The first-order valence-corrected chi connectivity index (χ1v) is 9.17. The third-order valence-electron chi connectivity index (χ3n) is 4.58. The first-order chi connectivity index (χ1) is 14.7. The Morgan fingerprint density at radius 2 is 1.74 bits per heavy atom. The zero-order valence-corrected chi connectivity index (χ0v) is 16.2. The number of aromatic nitrogens is 3. The number of aryl methyl sites for hydroxylation is 1. The first-order valence-electron chi connectivity index (χ1n) is 9.17. The monoisotopic (exact) mass is 426 g/mol. The van der Waals surface area contributed by atoms with Crippen molar-refractivity contribution in [3.8, 4) is 11.1 Å². The van der Waals surface area contributed by atoms with Gasteiger partial charge < -0.3 is 16.4 Å². The highest BCUT2D eigenvalue weighted by molar-refractivity contribution is 6.00. The summed E-state index contributed by atoms with van der Waals surface area (Å²) >= 11 is 0. The molecule has 0 bridgehead atoms. The van der Waals surface area contributed by atoms with E-state index in [0.29, 0.717) is 22.6 Å². The molecule has 2 amide bonds. The van der Waals surface area contributed by atoms with Crippen molar-refractivity contribution >= 4 is 28.7 Å². The summed E-state index contributed by atoms with van der Waals surface area (Å²) in [4.78, 5) is 12.3. The molecule has 4 aromatic rings. The second kappa shape index (κ2) is 7.63. The lowest BCUT2D eigenvalue weighted by Gasteiger charge is -2.12. The van der Waals surface area contributed by atoms with E-state index >= 15 is 0 Å². The van der Waals surface area contributed by atoms with Gasteiger partial charge in [0.25, 0.3) is 0 Å². The van der Waals surface area contributed by atoms with Gasteiger partial charge in [0, 0.05) is 23.1 Å². The average molecular weight is 426 g/mol. The minimum absolute atomic E-state index is 0.0526. The number of carbonyl (C=O) groups excluding carboxylic acids is 1. The lowest BCUT2D eigenvalue weighted by Crippen LogP contribution is -2.20. The Labute approximate surface area is 174 Å². The summed E-state index contributed by atoms with van der Waals surface area (Å²) in [7, 11) is 0. The van der Waals surface area contributed by atoms with Crippen LogP contribution in [-0.4, -0.2) is 20.9 Å². The quantitative estimate of drug-likeness (QED) is 0.432. The van der Waals surface area contributed by atoms with Crippen molar-refractivity contribution in [2.75, 3.05) is 16.4 Å². The molecule has 2 aromatic carbocycles. The summed E-state index contributed by atoms with van der Waals surface area (Å²) in [5.41, 5.74) is 8.31. The van der Waals surface area contributed by atoms with Crippen LogP contribution in [0.15, 0.2) is 60.8 Å². The maximum atomic E-state index is 13.0. The summed E-state index contributed by atoms with van der Waals surface area (Å²) in [5, 5.41) is 12.8. The smallest absolute Gasteiger partial charge is 0.380 e. The number of alkyl halides is 3. The van der Waals surface area contributed by atoms with Crippen LogP contribution in [0.3, 0.4) is 0 Å². The van der Waals surface area contributed by atoms with E-state index in [1.807, 2.05) is 12.1 Å². The van der Waals surface area contributed by atoms with E-state index in [1.54, 1.807) is 35.0 Å². The van der Waals surface area contributed by atoms with Gasteiger partial charge in [-0.15, -0.1) is 5.10 Å². The number of hydrogen-bond donors (Lipinski definition) is 3. The van der Waals surface area contributed by atoms with Gasteiger partial charge in [0.2, 0.25) is 0 Å². The van der Waals surface area contributed by atoms with Crippen LogP contribution in [0.5, 0.6) is 0 Å². The van der Waals surface area contributed by atoms with Crippen molar-refractivity contribution < 1.29 is 18.0 Å². The number of amides is 2. The molecule has 0 aliphatic carbocycles. The number of nitrogen functional groups attached to an aromatic ring is 1. The van der Waals surface area contributed by atoms with Gasteiger partial charge in [-0.2, -0.15) is 13.2 Å². The molecule has 7 nitrogen and oxygen atoms in total. The fourth-order valence-corrected chi connectivity index (χ4v) is 3.25. The molecule has 0 fully saturated rings. The highest BCUT2D eigenvalue weighted by Gasteiger charge is 2.31. The van der Waals surface area contributed by atoms with Crippen molar-refractivity contribution in [1.82, 2.24) is 14.8 Å². The van der Waals surface area contributed by atoms with Crippen LogP contribution in [0, 0.1) is 6.92 Å². The van der Waals surface area contributed by atoms with Gasteiger partial charge in [-0.3, -0.25) is 0 Å². The van der Waals surface area contributed by atoms with E-state index in [1.165, 1.54) is 13.0 Å². The Hall–Kier alpha value is -4.08. The molecule has 10 heteroatoms. The topological polar surface area (TPSA) is 97.3 Å². The van der Waals surface area contributed by atoms with Crippen LogP contribution in [0.1, 0.15) is 11.1 Å². The van der Waals surface area contributed by atoms with Crippen LogP contribution >= 0.6 is 0 Å². The molecule has 0 radical (unpaired) electrons. The predicted molar refractivity (Wildman–Crippen MR) is 112 cm³/mol. The molecule has 31 heavy (non-hydrogen) atoms. The normalized spacial score (nSPS) is 11.5. The number of nitrogens with two attached hydrogens (primary N) is 1.